The van der Waals surface area contributed by atoms with Gasteiger partial charge in [0.25, 0.3) is 5.91 Å². The minimum Gasteiger partial charge on any atom is -0.343 e. The lowest BCUT2D eigenvalue weighted by Crippen LogP contribution is -2.25. The highest BCUT2D eigenvalue weighted by Crippen LogP contribution is 2.15. The molecule has 106 valence electrons. The van der Waals surface area contributed by atoms with Crippen LogP contribution in [-0.4, -0.2) is 25.7 Å². The van der Waals surface area contributed by atoms with Crippen molar-refractivity contribution in [3.8, 4) is 5.69 Å². The summed E-state index contributed by atoms with van der Waals surface area (Å²) >= 11 is 2.25. The Labute approximate surface area is 134 Å². The van der Waals surface area contributed by atoms with Gasteiger partial charge in [0.05, 0.1) is 6.54 Å². The Kier molecular flexibility index (Phi) is 4.00. The molecule has 2 heterocycles. The highest BCUT2D eigenvalue weighted by molar-refractivity contribution is 14.1. The molecule has 0 spiro atoms. The summed E-state index contributed by atoms with van der Waals surface area (Å²) in [5.41, 5.74) is 1.54. The fourth-order valence-corrected chi connectivity index (χ4v) is 2.51. The maximum Gasteiger partial charge on any atom is 0.268 e. The number of halogens is 1. The number of nitrogens with zero attached hydrogens (tertiary/aromatic N) is 3. The predicted molar refractivity (Wildman–Crippen MR) is 86.0 cm³/mol. The van der Waals surface area contributed by atoms with E-state index in [2.05, 4.69) is 43.1 Å². The Morgan fingerprint density at radius 2 is 2.24 bits per heavy atom. The summed E-state index contributed by atoms with van der Waals surface area (Å²) in [5, 5.41) is 9.27. The van der Waals surface area contributed by atoms with Crippen LogP contribution in [0.4, 0.5) is 0 Å². The Morgan fingerprint density at radius 1 is 1.33 bits per heavy atom. The van der Waals surface area contributed by atoms with Gasteiger partial charge in [-0.05, 0) is 52.9 Å². The molecule has 0 fully saturated rings. The molecule has 0 atom stereocenters. The molecule has 21 heavy (non-hydrogen) atoms. The van der Waals surface area contributed by atoms with Crippen molar-refractivity contribution >= 4 is 28.5 Å². The molecule has 3 rings (SSSR count). The number of hydrogen-bond donors (Lipinski definition) is 2. The maximum atomic E-state index is 12.3. The molecule has 0 saturated heterocycles. The van der Waals surface area contributed by atoms with Crippen LogP contribution < -0.4 is 5.32 Å². The van der Waals surface area contributed by atoms with E-state index in [1.54, 1.807) is 6.07 Å². The lowest BCUT2D eigenvalue weighted by molar-refractivity contribution is 0.0943. The van der Waals surface area contributed by atoms with Gasteiger partial charge in [0.15, 0.2) is 0 Å². The lowest BCUT2D eigenvalue weighted by Gasteiger charge is -2.09. The quantitative estimate of drug-likeness (QED) is 0.667. The highest BCUT2D eigenvalue weighted by Gasteiger charge is 2.12. The molecule has 6 nitrogen and oxygen atoms in total. The van der Waals surface area contributed by atoms with Crippen LogP contribution in [0.3, 0.4) is 0 Å². The molecule has 2 aromatic heterocycles. The zero-order valence-electron chi connectivity index (χ0n) is 11.0. The first-order valence-electron chi connectivity index (χ1n) is 6.30. The average Bonchev–Trinajstić information content (AvgIpc) is 3.16. The zero-order valence-corrected chi connectivity index (χ0v) is 13.1. The first-order chi connectivity index (χ1) is 10.2. The van der Waals surface area contributed by atoms with Crippen LogP contribution in [0.2, 0.25) is 0 Å². The van der Waals surface area contributed by atoms with Crippen LogP contribution in [0.5, 0.6) is 0 Å². The van der Waals surface area contributed by atoms with Crippen LogP contribution in [0, 0.1) is 3.57 Å². The second-order valence-corrected chi connectivity index (χ2v) is 5.60. The fourth-order valence-electron chi connectivity index (χ4n) is 1.99. The van der Waals surface area contributed by atoms with Crippen molar-refractivity contribution in [1.82, 2.24) is 25.1 Å². The van der Waals surface area contributed by atoms with Gasteiger partial charge in [0, 0.05) is 15.5 Å². The van der Waals surface area contributed by atoms with Crippen molar-refractivity contribution in [1.29, 1.82) is 0 Å². The third-order valence-corrected chi connectivity index (χ3v) is 3.62. The van der Waals surface area contributed by atoms with E-state index in [4.69, 9.17) is 0 Å². The van der Waals surface area contributed by atoms with E-state index in [9.17, 15) is 4.79 Å². The summed E-state index contributed by atoms with van der Waals surface area (Å²) in [6.45, 7) is 0.316. The van der Waals surface area contributed by atoms with Crippen molar-refractivity contribution in [3.63, 3.8) is 0 Å². The second-order valence-electron chi connectivity index (χ2n) is 4.36. The molecule has 3 aromatic rings. The first kappa shape index (κ1) is 13.8. The summed E-state index contributed by atoms with van der Waals surface area (Å²) in [6.07, 6.45) is 3.28. The predicted octanol–water partition coefficient (Wildman–Crippen LogP) is 2.13. The van der Waals surface area contributed by atoms with Gasteiger partial charge in [0.1, 0.15) is 17.8 Å². The number of aromatic amines is 1. The minimum absolute atomic E-state index is 0.157. The molecule has 0 radical (unpaired) electrons. The molecular weight excluding hydrogens is 381 g/mol. The number of carbonyl (C=O) groups is 1. The van der Waals surface area contributed by atoms with E-state index in [1.165, 1.54) is 6.33 Å². The van der Waals surface area contributed by atoms with Crippen molar-refractivity contribution < 1.29 is 4.79 Å². The molecule has 0 aliphatic heterocycles. The molecule has 0 unspecified atom stereocenters. The van der Waals surface area contributed by atoms with E-state index >= 15 is 0 Å². The third-order valence-electron chi connectivity index (χ3n) is 2.95. The standard InChI is InChI=1S/C14H12IN5O/c15-10-3-1-4-11(7-10)20-6-2-5-12(20)14(21)16-8-13-17-9-18-19-13/h1-7,9H,8H2,(H,16,21)(H,17,18,19). The number of benzene rings is 1. The van der Waals surface area contributed by atoms with Crippen molar-refractivity contribution in [2.75, 3.05) is 0 Å². The molecule has 1 aromatic carbocycles. The zero-order chi connectivity index (χ0) is 14.7. The number of aromatic nitrogens is 4. The van der Waals surface area contributed by atoms with Gasteiger partial charge in [-0.25, -0.2) is 4.98 Å². The Hall–Kier alpha value is -2.16. The summed E-state index contributed by atoms with van der Waals surface area (Å²) in [6, 6.07) is 11.6. The van der Waals surface area contributed by atoms with Gasteiger partial charge >= 0.3 is 0 Å². The van der Waals surface area contributed by atoms with Gasteiger partial charge in [-0.3, -0.25) is 9.89 Å². The molecule has 7 heteroatoms. The fraction of sp³-hybridized carbons (Fsp3) is 0.0714. The second kappa shape index (κ2) is 6.08. The van der Waals surface area contributed by atoms with Gasteiger partial charge in [0.2, 0.25) is 0 Å². The number of amides is 1. The van der Waals surface area contributed by atoms with Crippen molar-refractivity contribution in [2.45, 2.75) is 6.54 Å². The highest BCUT2D eigenvalue weighted by atomic mass is 127. The van der Waals surface area contributed by atoms with E-state index in [-0.39, 0.29) is 5.91 Å². The van der Waals surface area contributed by atoms with Crippen LogP contribution in [-0.2, 0) is 6.54 Å². The van der Waals surface area contributed by atoms with E-state index < -0.39 is 0 Å². The monoisotopic (exact) mass is 393 g/mol. The van der Waals surface area contributed by atoms with Crippen molar-refractivity contribution in [3.05, 3.63) is 64.0 Å². The Balaban J connectivity index is 1.80. The Bertz CT molecular complexity index is 750. The van der Waals surface area contributed by atoms with Crippen LogP contribution in [0.1, 0.15) is 16.3 Å². The summed E-state index contributed by atoms with van der Waals surface area (Å²) in [5.74, 6) is 0.464. The number of H-pyrrole nitrogens is 1. The van der Waals surface area contributed by atoms with Gasteiger partial charge in [-0.2, -0.15) is 5.10 Å². The van der Waals surface area contributed by atoms with Crippen LogP contribution in [0.15, 0.2) is 48.9 Å². The SMILES string of the molecule is O=C(NCc1ncn[nH]1)c1cccn1-c1cccc(I)c1. The number of nitrogens with one attached hydrogen (secondary N) is 2. The molecule has 2 N–H and O–H groups in total. The summed E-state index contributed by atoms with van der Waals surface area (Å²) < 4.78 is 2.98. The third kappa shape index (κ3) is 3.13. The molecule has 1 amide bonds. The van der Waals surface area contributed by atoms with Gasteiger partial charge in [-0.15, -0.1) is 0 Å². The lowest BCUT2D eigenvalue weighted by atomic mass is 10.3. The van der Waals surface area contributed by atoms with Gasteiger partial charge in [-0.1, -0.05) is 6.07 Å². The Morgan fingerprint density at radius 3 is 3.00 bits per heavy atom. The number of carbonyl (C=O) groups excluding carboxylic acids is 1. The van der Waals surface area contributed by atoms with Gasteiger partial charge < -0.3 is 9.88 Å². The smallest absolute Gasteiger partial charge is 0.268 e. The molecule has 0 saturated carbocycles. The molecule has 0 aliphatic carbocycles. The summed E-state index contributed by atoms with van der Waals surface area (Å²) in [4.78, 5) is 16.3. The maximum absolute atomic E-state index is 12.3. The van der Waals surface area contributed by atoms with Crippen LogP contribution >= 0.6 is 22.6 Å². The van der Waals surface area contributed by atoms with E-state index in [0.717, 1.165) is 9.26 Å². The topological polar surface area (TPSA) is 75.6 Å². The van der Waals surface area contributed by atoms with E-state index in [0.29, 0.717) is 18.1 Å². The average molecular weight is 393 g/mol. The van der Waals surface area contributed by atoms with E-state index in [1.807, 2.05) is 41.1 Å². The largest absolute Gasteiger partial charge is 0.343 e. The molecular formula is C14H12IN5O. The number of rotatable bonds is 4. The first-order valence-corrected chi connectivity index (χ1v) is 7.37. The minimum atomic E-state index is -0.157. The van der Waals surface area contributed by atoms with Crippen molar-refractivity contribution in [2.24, 2.45) is 0 Å². The molecule has 0 bridgehead atoms. The summed E-state index contributed by atoms with van der Waals surface area (Å²) in [7, 11) is 0. The van der Waals surface area contributed by atoms with Crippen LogP contribution in [0.25, 0.3) is 5.69 Å². The number of hydrogen-bond acceptors (Lipinski definition) is 3. The molecule has 0 aliphatic rings. The normalized spacial score (nSPS) is 10.5.